The molecule has 0 rings (SSSR count). The van der Waals surface area contributed by atoms with Crippen LogP contribution < -0.4 is 21.7 Å². The van der Waals surface area contributed by atoms with E-state index in [1.54, 1.807) is 0 Å². The summed E-state index contributed by atoms with van der Waals surface area (Å²) in [6.45, 7) is 7.88. The number of hydrogen-bond acceptors (Lipinski definition) is 4. The molecule has 0 aromatic rings. The number of nitrogens with two attached hydrogens (primary N) is 1. The van der Waals surface area contributed by atoms with Gasteiger partial charge in [0.15, 0.2) is 0 Å². The van der Waals surface area contributed by atoms with Gasteiger partial charge in [0, 0.05) is 32.8 Å². The zero-order chi connectivity index (χ0) is 9.07. The minimum absolute atomic E-state index is 0.565. The maximum atomic E-state index is 5.26. The van der Waals surface area contributed by atoms with Gasteiger partial charge in [-0.05, 0) is 13.0 Å². The molecule has 4 heteroatoms. The van der Waals surface area contributed by atoms with E-state index in [4.69, 9.17) is 5.73 Å². The van der Waals surface area contributed by atoms with E-state index in [0.717, 1.165) is 32.7 Å². The topological polar surface area (TPSA) is 62.1 Å². The average Bonchev–Trinajstić information content (AvgIpc) is 2.10. The molecule has 0 fully saturated rings. The molecule has 0 unspecified atom stereocenters. The molecule has 5 N–H and O–H groups in total. The van der Waals surface area contributed by atoms with E-state index in [1.165, 1.54) is 6.42 Å². The lowest BCUT2D eigenvalue weighted by Gasteiger charge is -2.05. The average molecular weight is 174 g/mol. The standard InChI is InChI=1S/C8H22N4/c1-2-3-10-4-5-11-6-7-12-8-9/h10-12H,2-9H2,1H3. The fourth-order valence-corrected chi connectivity index (χ4v) is 0.882. The van der Waals surface area contributed by atoms with Crippen LogP contribution in [0.15, 0.2) is 0 Å². The SMILES string of the molecule is CCCNCCNCCNCN. The first-order valence-electron chi connectivity index (χ1n) is 4.74. The van der Waals surface area contributed by atoms with Crippen LogP contribution in [-0.2, 0) is 0 Å². The molecular weight excluding hydrogens is 152 g/mol. The second kappa shape index (κ2) is 10.8. The monoisotopic (exact) mass is 174 g/mol. The third-order valence-electron chi connectivity index (χ3n) is 1.53. The Morgan fingerprint density at radius 1 is 0.833 bits per heavy atom. The molecule has 0 heterocycles. The van der Waals surface area contributed by atoms with E-state index < -0.39 is 0 Å². The molecule has 0 bridgehead atoms. The lowest BCUT2D eigenvalue weighted by molar-refractivity contribution is 0.583. The Morgan fingerprint density at radius 3 is 1.83 bits per heavy atom. The Bertz CT molecular complexity index is 67.5. The summed E-state index contributed by atoms with van der Waals surface area (Å²) < 4.78 is 0. The van der Waals surface area contributed by atoms with Gasteiger partial charge < -0.3 is 21.7 Å². The van der Waals surface area contributed by atoms with E-state index in [-0.39, 0.29) is 0 Å². The highest BCUT2D eigenvalue weighted by molar-refractivity contribution is 4.52. The third kappa shape index (κ3) is 9.84. The molecule has 0 amide bonds. The minimum atomic E-state index is 0.565. The van der Waals surface area contributed by atoms with Crippen molar-refractivity contribution in [1.82, 2.24) is 16.0 Å². The summed E-state index contributed by atoms with van der Waals surface area (Å²) >= 11 is 0. The first kappa shape index (κ1) is 11.8. The summed E-state index contributed by atoms with van der Waals surface area (Å²) in [6.07, 6.45) is 1.20. The molecule has 0 aromatic carbocycles. The Labute approximate surface area is 75.3 Å². The minimum Gasteiger partial charge on any atom is -0.318 e. The smallest absolute Gasteiger partial charge is 0.0429 e. The summed E-state index contributed by atoms with van der Waals surface area (Å²) in [7, 11) is 0. The first-order chi connectivity index (χ1) is 5.91. The molecule has 0 atom stereocenters. The number of rotatable bonds is 9. The van der Waals surface area contributed by atoms with Crippen molar-refractivity contribution in [3.05, 3.63) is 0 Å². The van der Waals surface area contributed by atoms with Crippen molar-refractivity contribution in [3.8, 4) is 0 Å². The lowest BCUT2D eigenvalue weighted by Crippen LogP contribution is -2.34. The Morgan fingerprint density at radius 2 is 1.33 bits per heavy atom. The van der Waals surface area contributed by atoms with Crippen molar-refractivity contribution in [2.75, 3.05) is 39.4 Å². The van der Waals surface area contributed by atoms with Gasteiger partial charge in [-0.1, -0.05) is 6.92 Å². The molecule has 74 valence electrons. The van der Waals surface area contributed by atoms with Crippen molar-refractivity contribution in [3.63, 3.8) is 0 Å². The molecule has 0 saturated carbocycles. The van der Waals surface area contributed by atoms with Gasteiger partial charge in [0.25, 0.3) is 0 Å². The maximum absolute atomic E-state index is 5.26. The van der Waals surface area contributed by atoms with Gasteiger partial charge in [-0.3, -0.25) is 0 Å². The highest BCUT2D eigenvalue weighted by atomic mass is 15.0. The quantitative estimate of drug-likeness (QED) is 0.270. The summed E-state index contributed by atoms with van der Waals surface area (Å²) in [6, 6.07) is 0. The van der Waals surface area contributed by atoms with Gasteiger partial charge in [0.05, 0.1) is 0 Å². The van der Waals surface area contributed by atoms with Crippen LogP contribution in [-0.4, -0.2) is 39.4 Å². The highest BCUT2D eigenvalue weighted by Gasteiger charge is 1.86. The van der Waals surface area contributed by atoms with E-state index >= 15 is 0 Å². The Balaban J connectivity index is 2.73. The van der Waals surface area contributed by atoms with Crippen LogP contribution in [0.1, 0.15) is 13.3 Å². The van der Waals surface area contributed by atoms with Gasteiger partial charge in [0.1, 0.15) is 0 Å². The van der Waals surface area contributed by atoms with E-state index in [0.29, 0.717) is 6.67 Å². The summed E-state index contributed by atoms with van der Waals surface area (Å²) in [5, 5.41) is 9.66. The molecular formula is C8H22N4. The van der Waals surface area contributed by atoms with E-state index in [9.17, 15) is 0 Å². The molecule has 0 aromatic heterocycles. The largest absolute Gasteiger partial charge is 0.318 e. The van der Waals surface area contributed by atoms with Crippen LogP contribution in [0.25, 0.3) is 0 Å². The van der Waals surface area contributed by atoms with Crippen LogP contribution in [0.3, 0.4) is 0 Å². The van der Waals surface area contributed by atoms with E-state index in [2.05, 4.69) is 22.9 Å². The van der Waals surface area contributed by atoms with Gasteiger partial charge in [-0.2, -0.15) is 0 Å². The van der Waals surface area contributed by atoms with Crippen molar-refractivity contribution in [2.45, 2.75) is 13.3 Å². The fourth-order valence-electron chi connectivity index (χ4n) is 0.882. The number of hydrogen-bond donors (Lipinski definition) is 4. The van der Waals surface area contributed by atoms with Crippen LogP contribution in [0.2, 0.25) is 0 Å². The molecule has 12 heavy (non-hydrogen) atoms. The van der Waals surface area contributed by atoms with Crippen LogP contribution in [0.4, 0.5) is 0 Å². The van der Waals surface area contributed by atoms with Gasteiger partial charge >= 0.3 is 0 Å². The first-order valence-corrected chi connectivity index (χ1v) is 4.74. The van der Waals surface area contributed by atoms with E-state index in [1.807, 2.05) is 0 Å². The van der Waals surface area contributed by atoms with Crippen molar-refractivity contribution < 1.29 is 0 Å². The second-order valence-corrected chi connectivity index (χ2v) is 2.70. The zero-order valence-corrected chi connectivity index (χ0v) is 8.03. The number of nitrogens with one attached hydrogen (secondary N) is 3. The summed E-state index contributed by atoms with van der Waals surface area (Å²) in [5.74, 6) is 0. The maximum Gasteiger partial charge on any atom is 0.0429 e. The second-order valence-electron chi connectivity index (χ2n) is 2.70. The lowest BCUT2D eigenvalue weighted by atomic mass is 10.4. The van der Waals surface area contributed by atoms with Crippen LogP contribution >= 0.6 is 0 Å². The molecule has 0 aliphatic carbocycles. The molecule has 0 radical (unpaired) electrons. The van der Waals surface area contributed by atoms with Crippen LogP contribution in [0.5, 0.6) is 0 Å². The molecule has 0 spiro atoms. The van der Waals surface area contributed by atoms with Crippen molar-refractivity contribution >= 4 is 0 Å². The predicted octanol–water partition coefficient (Wildman–Crippen LogP) is -0.919. The fraction of sp³-hybridized carbons (Fsp3) is 1.00. The molecule has 0 aliphatic rings. The molecule has 0 saturated heterocycles. The van der Waals surface area contributed by atoms with Gasteiger partial charge in [-0.15, -0.1) is 0 Å². The van der Waals surface area contributed by atoms with Gasteiger partial charge in [-0.25, -0.2) is 0 Å². The normalized spacial score (nSPS) is 10.5. The zero-order valence-electron chi connectivity index (χ0n) is 8.03. The van der Waals surface area contributed by atoms with Crippen molar-refractivity contribution in [2.24, 2.45) is 5.73 Å². The van der Waals surface area contributed by atoms with Gasteiger partial charge in [0.2, 0.25) is 0 Å². The Hall–Kier alpha value is -0.160. The van der Waals surface area contributed by atoms with Crippen molar-refractivity contribution in [1.29, 1.82) is 0 Å². The third-order valence-corrected chi connectivity index (χ3v) is 1.53. The summed E-state index contributed by atoms with van der Waals surface area (Å²) in [5.41, 5.74) is 5.26. The Kier molecular flexibility index (Phi) is 10.7. The molecule has 4 nitrogen and oxygen atoms in total. The highest BCUT2D eigenvalue weighted by Crippen LogP contribution is 1.67. The summed E-state index contributed by atoms with van der Waals surface area (Å²) in [4.78, 5) is 0. The van der Waals surface area contributed by atoms with Crippen LogP contribution in [0, 0.1) is 0 Å². The molecule has 0 aliphatic heterocycles. The predicted molar refractivity (Wildman–Crippen MR) is 53.1 cm³/mol.